The topological polar surface area (TPSA) is 12.0 Å². The molecule has 0 aliphatic carbocycles. The Balaban J connectivity index is 0.000000162. The zero-order chi connectivity index (χ0) is 10.6. The van der Waals surface area contributed by atoms with E-state index in [4.69, 9.17) is 0 Å². The summed E-state index contributed by atoms with van der Waals surface area (Å²) >= 11 is 3.26. The van der Waals surface area contributed by atoms with E-state index in [1.807, 2.05) is 70.9 Å². The second-order valence-corrected chi connectivity index (χ2v) is 4.05. The molecule has 0 amide bonds. The van der Waals surface area contributed by atoms with E-state index in [-0.39, 0.29) is 0 Å². The van der Waals surface area contributed by atoms with Gasteiger partial charge in [-0.2, -0.15) is 11.3 Å². The first-order valence-electron chi connectivity index (χ1n) is 4.53. The summed E-state index contributed by atoms with van der Waals surface area (Å²) in [7, 11) is 0. The molecule has 1 aromatic rings. The SMILES string of the molecule is C1=CNSC=C1.c1ccccsccc1. The molecule has 1 aromatic heterocycles. The molecule has 1 N–H and O–H groups in total. The van der Waals surface area contributed by atoms with Crippen LogP contribution in [0.3, 0.4) is 0 Å². The van der Waals surface area contributed by atoms with Crippen LogP contribution in [-0.2, 0) is 0 Å². The van der Waals surface area contributed by atoms with Gasteiger partial charge in [0.05, 0.1) is 0 Å². The van der Waals surface area contributed by atoms with Gasteiger partial charge in [0, 0.05) is 6.20 Å². The smallest absolute Gasteiger partial charge is 0.00756 e. The fraction of sp³-hybridized carbons (Fsp3) is 0. The van der Waals surface area contributed by atoms with Gasteiger partial charge in [-0.1, -0.05) is 42.5 Å². The van der Waals surface area contributed by atoms with Crippen LogP contribution in [0.4, 0.5) is 0 Å². The molecule has 0 radical (unpaired) electrons. The van der Waals surface area contributed by atoms with E-state index in [1.54, 1.807) is 23.3 Å². The molecule has 0 fully saturated rings. The van der Waals surface area contributed by atoms with Crippen molar-refractivity contribution in [2.75, 3.05) is 0 Å². The van der Waals surface area contributed by atoms with Gasteiger partial charge in [0.25, 0.3) is 0 Å². The summed E-state index contributed by atoms with van der Waals surface area (Å²) in [5, 5.41) is 6.07. The highest BCUT2D eigenvalue weighted by Crippen LogP contribution is 1.98. The lowest BCUT2D eigenvalue weighted by atomic mass is 10.5. The molecule has 1 aliphatic heterocycles. The maximum atomic E-state index is 2.93. The van der Waals surface area contributed by atoms with E-state index >= 15 is 0 Å². The largest absolute Gasteiger partial charge is 0.333 e. The van der Waals surface area contributed by atoms with Gasteiger partial charge in [-0.25, -0.2) is 0 Å². The molecule has 2 heterocycles. The summed E-state index contributed by atoms with van der Waals surface area (Å²) in [6, 6.07) is 12.1. The molecule has 78 valence electrons. The third-order valence-electron chi connectivity index (χ3n) is 1.36. The predicted molar refractivity (Wildman–Crippen MR) is 71.0 cm³/mol. The summed E-state index contributed by atoms with van der Waals surface area (Å²) in [6.45, 7) is 0. The lowest BCUT2D eigenvalue weighted by Gasteiger charge is -1.93. The molecule has 0 saturated heterocycles. The van der Waals surface area contributed by atoms with E-state index in [1.165, 1.54) is 0 Å². The Kier molecular flexibility index (Phi) is 7.42. The molecule has 0 spiro atoms. The summed E-state index contributed by atoms with van der Waals surface area (Å²) < 4.78 is 2.93. The minimum Gasteiger partial charge on any atom is -0.333 e. The van der Waals surface area contributed by atoms with E-state index < -0.39 is 0 Å². The van der Waals surface area contributed by atoms with Gasteiger partial charge in [0.15, 0.2) is 0 Å². The minimum absolute atomic E-state index is 1.58. The minimum atomic E-state index is 1.58. The zero-order valence-electron chi connectivity index (χ0n) is 8.24. The highest BCUT2D eigenvalue weighted by Gasteiger charge is 1.74. The fourth-order valence-electron chi connectivity index (χ4n) is 0.741. The van der Waals surface area contributed by atoms with E-state index in [0.29, 0.717) is 0 Å². The number of nitrogens with one attached hydrogen (secondary N) is 1. The van der Waals surface area contributed by atoms with E-state index in [2.05, 4.69) is 4.72 Å². The van der Waals surface area contributed by atoms with Crippen LogP contribution in [0, 0.1) is 0 Å². The third kappa shape index (κ3) is 7.85. The summed E-state index contributed by atoms with van der Waals surface area (Å²) in [5.74, 6) is 0. The van der Waals surface area contributed by atoms with Crippen LogP contribution < -0.4 is 4.72 Å². The van der Waals surface area contributed by atoms with Crippen LogP contribution in [0.15, 0.2) is 70.9 Å². The van der Waals surface area contributed by atoms with Crippen molar-refractivity contribution in [1.29, 1.82) is 0 Å². The van der Waals surface area contributed by atoms with Crippen molar-refractivity contribution >= 4 is 23.3 Å². The lowest BCUT2D eigenvalue weighted by molar-refractivity contribution is 1.42. The highest BCUT2D eigenvalue weighted by atomic mass is 32.2. The standard InChI is InChI=1S/C8H8S.C4H5NS/c1-2-4-6-8-9-7-5-3-1;1-2-4-6-5-3-1/h1-8H;1-5H. The average molecular weight is 235 g/mol. The van der Waals surface area contributed by atoms with Gasteiger partial charge in [-0.3, -0.25) is 0 Å². The van der Waals surface area contributed by atoms with Gasteiger partial charge < -0.3 is 4.72 Å². The van der Waals surface area contributed by atoms with Crippen molar-refractivity contribution in [3.63, 3.8) is 0 Å². The van der Waals surface area contributed by atoms with Crippen LogP contribution in [0.1, 0.15) is 0 Å². The first-order valence-corrected chi connectivity index (χ1v) is 6.36. The van der Waals surface area contributed by atoms with Crippen molar-refractivity contribution in [1.82, 2.24) is 4.72 Å². The van der Waals surface area contributed by atoms with Crippen LogP contribution in [0.2, 0.25) is 0 Å². The molecular formula is C12H13NS2. The Morgan fingerprint density at radius 1 is 0.733 bits per heavy atom. The maximum Gasteiger partial charge on any atom is 0.00756 e. The van der Waals surface area contributed by atoms with Gasteiger partial charge in [-0.05, 0) is 34.2 Å². The number of hydrogen-bond donors (Lipinski definition) is 1. The molecule has 3 heteroatoms. The molecule has 1 aliphatic rings. The maximum absolute atomic E-state index is 2.93. The lowest BCUT2D eigenvalue weighted by Crippen LogP contribution is -1.88. The quantitative estimate of drug-likeness (QED) is 0.678. The highest BCUT2D eigenvalue weighted by molar-refractivity contribution is 8.00. The Morgan fingerprint density at radius 3 is 1.80 bits per heavy atom. The fourth-order valence-corrected chi connectivity index (χ4v) is 1.60. The second kappa shape index (κ2) is 9.37. The molecule has 0 aromatic carbocycles. The molecule has 2 rings (SSSR count). The van der Waals surface area contributed by atoms with Gasteiger partial charge in [0.2, 0.25) is 0 Å². The van der Waals surface area contributed by atoms with Gasteiger partial charge in [0.1, 0.15) is 0 Å². The van der Waals surface area contributed by atoms with Crippen LogP contribution >= 0.6 is 23.3 Å². The van der Waals surface area contributed by atoms with Crippen LogP contribution in [0.5, 0.6) is 0 Å². The first kappa shape index (κ1) is 11.9. The molecule has 1 nitrogen and oxygen atoms in total. The van der Waals surface area contributed by atoms with Crippen molar-refractivity contribution in [2.45, 2.75) is 0 Å². The Hall–Kier alpha value is -1.19. The van der Waals surface area contributed by atoms with Crippen molar-refractivity contribution in [3.8, 4) is 0 Å². The third-order valence-corrected chi connectivity index (χ3v) is 2.55. The summed E-state index contributed by atoms with van der Waals surface area (Å²) in [4.78, 5) is 0. The number of hydrogen-bond acceptors (Lipinski definition) is 3. The molecule has 0 unspecified atom stereocenters. The summed E-state index contributed by atoms with van der Waals surface area (Å²) in [5.41, 5.74) is 0. The van der Waals surface area contributed by atoms with Crippen molar-refractivity contribution in [2.24, 2.45) is 0 Å². The van der Waals surface area contributed by atoms with E-state index in [9.17, 15) is 0 Å². The Morgan fingerprint density at radius 2 is 1.40 bits per heavy atom. The molecule has 0 bridgehead atoms. The van der Waals surface area contributed by atoms with Crippen molar-refractivity contribution in [3.05, 3.63) is 70.9 Å². The first-order chi connectivity index (χ1) is 7.50. The predicted octanol–water partition coefficient (Wildman–Crippen LogP) is 4.14. The van der Waals surface area contributed by atoms with Crippen LogP contribution in [0.25, 0.3) is 0 Å². The Bertz CT molecular complexity index is 267. The van der Waals surface area contributed by atoms with Gasteiger partial charge >= 0.3 is 0 Å². The molecule has 15 heavy (non-hydrogen) atoms. The molecule has 0 saturated carbocycles. The van der Waals surface area contributed by atoms with Crippen LogP contribution in [-0.4, -0.2) is 0 Å². The second-order valence-electron chi connectivity index (χ2n) is 2.49. The molecule has 0 atom stereocenters. The number of allylic oxidation sites excluding steroid dienone is 2. The number of rotatable bonds is 0. The van der Waals surface area contributed by atoms with E-state index in [0.717, 1.165) is 0 Å². The monoisotopic (exact) mass is 235 g/mol. The zero-order valence-corrected chi connectivity index (χ0v) is 9.88. The van der Waals surface area contributed by atoms with Crippen molar-refractivity contribution < 1.29 is 0 Å². The normalized spacial score (nSPS) is 11.7. The Labute approximate surface area is 99.0 Å². The molecular weight excluding hydrogens is 222 g/mol. The summed E-state index contributed by atoms with van der Waals surface area (Å²) in [6.07, 6.45) is 5.84. The van der Waals surface area contributed by atoms with Gasteiger partial charge in [-0.15, -0.1) is 0 Å². The average Bonchev–Trinajstić information content (AvgIpc) is 2.47.